The molecule has 16 heavy (non-hydrogen) atoms. The van der Waals surface area contributed by atoms with Gasteiger partial charge in [0.1, 0.15) is 5.75 Å². The maximum absolute atomic E-state index is 10.1. The molecule has 0 atom stereocenters. The second kappa shape index (κ2) is 5.75. The van der Waals surface area contributed by atoms with E-state index in [-0.39, 0.29) is 0 Å². The minimum Gasteiger partial charge on any atom is -0.491 e. The molecule has 1 aromatic rings. The van der Waals surface area contributed by atoms with E-state index in [0.717, 1.165) is 12.6 Å². The van der Waals surface area contributed by atoms with Crippen LogP contribution >= 0.6 is 0 Å². The summed E-state index contributed by atoms with van der Waals surface area (Å²) >= 11 is 0. The van der Waals surface area contributed by atoms with Crippen molar-refractivity contribution in [2.75, 3.05) is 12.3 Å². The SMILES string of the molecule is CCCOc1ccc(/C=C/[N+](=O)[O-])cc1N. The zero-order chi connectivity index (χ0) is 12.0. The van der Waals surface area contributed by atoms with Crippen LogP contribution in [0.15, 0.2) is 24.4 Å². The number of nitrogens with zero attached hydrogens (tertiary/aromatic N) is 1. The minimum atomic E-state index is -0.516. The van der Waals surface area contributed by atoms with E-state index in [0.29, 0.717) is 23.6 Å². The van der Waals surface area contributed by atoms with E-state index in [4.69, 9.17) is 10.5 Å². The molecule has 0 aliphatic heterocycles. The van der Waals surface area contributed by atoms with Gasteiger partial charge in [0.05, 0.1) is 17.2 Å². The van der Waals surface area contributed by atoms with Gasteiger partial charge in [-0.15, -0.1) is 0 Å². The van der Waals surface area contributed by atoms with Gasteiger partial charge in [0.25, 0.3) is 0 Å². The number of hydrogen-bond donors (Lipinski definition) is 1. The summed E-state index contributed by atoms with van der Waals surface area (Å²) in [5.41, 5.74) is 6.90. The van der Waals surface area contributed by atoms with Crippen LogP contribution in [0.3, 0.4) is 0 Å². The van der Waals surface area contributed by atoms with Crippen LogP contribution in [0.25, 0.3) is 6.08 Å². The maximum atomic E-state index is 10.1. The van der Waals surface area contributed by atoms with E-state index in [1.807, 2.05) is 6.92 Å². The number of nitro groups is 1. The summed E-state index contributed by atoms with van der Waals surface area (Å²) < 4.78 is 5.38. The molecule has 0 saturated heterocycles. The normalized spacial score (nSPS) is 10.6. The highest BCUT2D eigenvalue weighted by Gasteiger charge is 2.00. The molecule has 0 heterocycles. The van der Waals surface area contributed by atoms with Gasteiger partial charge in [0, 0.05) is 6.08 Å². The molecule has 0 aromatic heterocycles. The number of anilines is 1. The van der Waals surface area contributed by atoms with Gasteiger partial charge < -0.3 is 10.5 Å². The molecular weight excluding hydrogens is 208 g/mol. The molecule has 0 saturated carbocycles. The van der Waals surface area contributed by atoms with Crippen LogP contribution in [0.5, 0.6) is 5.75 Å². The highest BCUT2D eigenvalue weighted by atomic mass is 16.6. The van der Waals surface area contributed by atoms with Crippen molar-refractivity contribution in [1.82, 2.24) is 0 Å². The largest absolute Gasteiger partial charge is 0.491 e. The fourth-order valence-corrected chi connectivity index (χ4v) is 1.16. The zero-order valence-corrected chi connectivity index (χ0v) is 9.05. The summed E-state index contributed by atoms with van der Waals surface area (Å²) in [7, 11) is 0. The van der Waals surface area contributed by atoms with Gasteiger partial charge in [0.15, 0.2) is 0 Å². The molecule has 0 unspecified atom stereocenters. The van der Waals surface area contributed by atoms with Gasteiger partial charge in [0.2, 0.25) is 6.20 Å². The van der Waals surface area contributed by atoms with Gasteiger partial charge in [-0.2, -0.15) is 0 Å². The van der Waals surface area contributed by atoms with E-state index in [2.05, 4.69) is 0 Å². The number of ether oxygens (including phenoxy) is 1. The number of benzene rings is 1. The molecule has 0 aliphatic carbocycles. The molecule has 0 radical (unpaired) electrons. The maximum Gasteiger partial charge on any atom is 0.235 e. The molecule has 0 spiro atoms. The highest BCUT2D eigenvalue weighted by Crippen LogP contribution is 2.23. The Bertz CT molecular complexity index is 402. The quantitative estimate of drug-likeness (QED) is 0.471. The number of rotatable bonds is 5. The van der Waals surface area contributed by atoms with Gasteiger partial charge >= 0.3 is 0 Å². The molecule has 0 fully saturated rings. The summed E-state index contributed by atoms with van der Waals surface area (Å²) in [5.74, 6) is 0.611. The Morgan fingerprint density at radius 2 is 2.31 bits per heavy atom. The van der Waals surface area contributed by atoms with E-state index in [9.17, 15) is 10.1 Å². The van der Waals surface area contributed by atoms with Crippen LogP contribution in [0, 0.1) is 10.1 Å². The van der Waals surface area contributed by atoms with Crippen LogP contribution in [0.2, 0.25) is 0 Å². The van der Waals surface area contributed by atoms with Crippen LogP contribution in [0.1, 0.15) is 18.9 Å². The summed E-state index contributed by atoms with van der Waals surface area (Å²) in [6.45, 7) is 2.61. The van der Waals surface area contributed by atoms with E-state index in [1.165, 1.54) is 6.08 Å². The van der Waals surface area contributed by atoms with Crippen LogP contribution in [0.4, 0.5) is 5.69 Å². The van der Waals surface area contributed by atoms with Crippen LogP contribution in [-0.4, -0.2) is 11.5 Å². The average Bonchev–Trinajstić information content (AvgIpc) is 2.25. The molecule has 86 valence electrons. The lowest BCUT2D eigenvalue weighted by Crippen LogP contribution is -1.99. The van der Waals surface area contributed by atoms with Gasteiger partial charge in [-0.3, -0.25) is 10.1 Å². The Morgan fingerprint density at radius 3 is 2.88 bits per heavy atom. The fourth-order valence-electron chi connectivity index (χ4n) is 1.16. The molecule has 1 rings (SSSR count). The van der Waals surface area contributed by atoms with E-state index < -0.39 is 4.92 Å². The molecule has 1 aromatic carbocycles. The summed E-state index contributed by atoms with van der Waals surface area (Å²) in [5, 5.41) is 10.1. The Balaban J connectivity index is 2.78. The molecule has 0 aliphatic rings. The third kappa shape index (κ3) is 3.61. The smallest absolute Gasteiger partial charge is 0.235 e. The second-order valence-corrected chi connectivity index (χ2v) is 3.25. The van der Waals surface area contributed by atoms with Crippen molar-refractivity contribution in [3.63, 3.8) is 0 Å². The summed E-state index contributed by atoms with van der Waals surface area (Å²) in [6, 6.07) is 5.08. The molecule has 2 N–H and O–H groups in total. The summed E-state index contributed by atoms with van der Waals surface area (Å²) in [4.78, 5) is 9.61. The van der Waals surface area contributed by atoms with Crippen molar-refractivity contribution < 1.29 is 9.66 Å². The topological polar surface area (TPSA) is 78.4 Å². The zero-order valence-electron chi connectivity index (χ0n) is 9.05. The first-order valence-corrected chi connectivity index (χ1v) is 4.97. The predicted molar refractivity (Wildman–Crippen MR) is 62.7 cm³/mol. The second-order valence-electron chi connectivity index (χ2n) is 3.25. The van der Waals surface area contributed by atoms with Crippen molar-refractivity contribution in [3.05, 3.63) is 40.1 Å². The molecule has 5 nitrogen and oxygen atoms in total. The van der Waals surface area contributed by atoms with Gasteiger partial charge in [-0.25, -0.2) is 0 Å². The fraction of sp³-hybridized carbons (Fsp3) is 0.273. The first kappa shape index (κ1) is 12.0. The predicted octanol–water partition coefficient (Wildman–Crippen LogP) is 2.31. The summed E-state index contributed by atoms with van der Waals surface area (Å²) in [6.07, 6.45) is 3.17. The number of nitrogen functional groups attached to an aromatic ring is 1. The Kier molecular flexibility index (Phi) is 4.32. The number of hydrogen-bond acceptors (Lipinski definition) is 4. The highest BCUT2D eigenvalue weighted by molar-refractivity contribution is 5.61. The van der Waals surface area contributed by atoms with Gasteiger partial charge in [-0.05, 0) is 24.1 Å². The Labute approximate surface area is 93.7 Å². The van der Waals surface area contributed by atoms with Crippen LogP contribution in [-0.2, 0) is 0 Å². The molecule has 5 heteroatoms. The third-order valence-corrected chi connectivity index (χ3v) is 1.88. The van der Waals surface area contributed by atoms with Crippen molar-refractivity contribution in [2.24, 2.45) is 0 Å². The number of nitrogens with two attached hydrogens (primary N) is 1. The monoisotopic (exact) mass is 222 g/mol. The van der Waals surface area contributed by atoms with Crippen molar-refractivity contribution in [3.8, 4) is 5.75 Å². The Hall–Kier alpha value is -2.04. The lowest BCUT2D eigenvalue weighted by Gasteiger charge is -2.07. The standard InChI is InChI=1S/C11H14N2O3/c1-2-7-16-11-4-3-9(8-10(11)12)5-6-13(14)15/h3-6,8H,2,7,12H2,1H3/b6-5+. The minimum absolute atomic E-state index is 0.485. The first-order chi connectivity index (χ1) is 7.63. The van der Waals surface area contributed by atoms with Gasteiger partial charge in [-0.1, -0.05) is 13.0 Å². The van der Waals surface area contributed by atoms with Crippen molar-refractivity contribution >= 4 is 11.8 Å². The molecule has 0 bridgehead atoms. The third-order valence-electron chi connectivity index (χ3n) is 1.88. The first-order valence-electron chi connectivity index (χ1n) is 4.97. The van der Waals surface area contributed by atoms with E-state index >= 15 is 0 Å². The average molecular weight is 222 g/mol. The Morgan fingerprint density at radius 1 is 1.56 bits per heavy atom. The van der Waals surface area contributed by atoms with Crippen molar-refractivity contribution in [2.45, 2.75) is 13.3 Å². The van der Waals surface area contributed by atoms with E-state index in [1.54, 1.807) is 18.2 Å². The van der Waals surface area contributed by atoms with Crippen LogP contribution < -0.4 is 10.5 Å². The lowest BCUT2D eigenvalue weighted by atomic mass is 10.2. The lowest BCUT2D eigenvalue weighted by molar-refractivity contribution is -0.400. The van der Waals surface area contributed by atoms with Crippen molar-refractivity contribution in [1.29, 1.82) is 0 Å². The molecular formula is C11H14N2O3. The molecule has 0 amide bonds.